The summed E-state index contributed by atoms with van der Waals surface area (Å²) in [5.41, 5.74) is 1.74. The average Bonchev–Trinajstić information content (AvgIpc) is 3.13. The van der Waals surface area contributed by atoms with Crippen molar-refractivity contribution in [2.45, 2.75) is 19.3 Å². The van der Waals surface area contributed by atoms with Gasteiger partial charge in [0, 0.05) is 6.54 Å². The van der Waals surface area contributed by atoms with Gasteiger partial charge in [0.2, 0.25) is 5.95 Å². The van der Waals surface area contributed by atoms with Crippen LogP contribution in [0.3, 0.4) is 0 Å². The van der Waals surface area contributed by atoms with Gasteiger partial charge in [-0.15, -0.1) is 10.2 Å². The summed E-state index contributed by atoms with van der Waals surface area (Å²) in [5, 5.41) is 11.4. The predicted molar refractivity (Wildman–Crippen MR) is 63.2 cm³/mol. The van der Waals surface area contributed by atoms with Crippen molar-refractivity contribution in [2.24, 2.45) is 5.92 Å². The van der Waals surface area contributed by atoms with Gasteiger partial charge in [-0.3, -0.25) is 0 Å². The van der Waals surface area contributed by atoms with Gasteiger partial charge in [-0.1, -0.05) is 25.0 Å². The highest BCUT2D eigenvalue weighted by Crippen LogP contribution is 2.31. The van der Waals surface area contributed by atoms with Crippen molar-refractivity contribution < 1.29 is 0 Å². The maximum atomic E-state index is 4.41. The summed E-state index contributed by atoms with van der Waals surface area (Å²) in [7, 11) is 0. The van der Waals surface area contributed by atoms with Gasteiger partial charge in [-0.25, -0.2) is 4.98 Å². The van der Waals surface area contributed by atoms with E-state index in [1.807, 2.05) is 24.3 Å². The highest BCUT2D eigenvalue weighted by atomic mass is 15.2. The van der Waals surface area contributed by atoms with Gasteiger partial charge in [-0.2, -0.15) is 0 Å². The molecule has 16 heavy (non-hydrogen) atoms. The van der Waals surface area contributed by atoms with E-state index in [1.54, 1.807) is 0 Å². The minimum absolute atomic E-state index is 0.638. The Balaban J connectivity index is 1.71. The first-order valence-electron chi connectivity index (χ1n) is 5.75. The lowest BCUT2D eigenvalue weighted by Gasteiger charge is -2.03. The number of nitrogens with zero attached hydrogens (tertiary/aromatic N) is 3. The van der Waals surface area contributed by atoms with Gasteiger partial charge in [0.1, 0.15) is 5.52 Å². The van der Waals surface area contributed by atoms with Crippen LogP contribution in [0, 0.1) is 5.92 Å². The molecule has 0 unspecified atom stereocenters. The zero-order valence-corrected chi connectivity index (χ0v) is 9.06. The molecule has 1 fully saturated rings. The van der Waals surface area contributed by atoms with E-state index in [1.165, 1.54) is 19.3 Å². The maximum absolute atomic E-state index is 4.41. The minimum Gasteiger partial charge on any atom is -0.353 e. The van der Waals surface area contributed by atoms with E-state index in [-0.39, 0.29) is 0 Å². The number of para-hydroxylation sites is 1. The molecule has 1 heterocycles. The third kappa shape index (κ3) is 2.10. The van der Waals surface area contributed by atoms with E-state index >= 15 is 0 Å². The van der Waals surface area contributed by atoms with Crippen LogP contribution in [0.1, 0.15) is 19.3 Å². The number of hydrogen-bond acceptors (Lipinski definition) is 4. The fourth-order valence-corrected chi connectivity index (χ4v) is 1.75. The van der Waals surface area contributed by atoms with Crippen LogP contribution in [-0.4, -0.2) is 21.7 Å². The third-order valence-electron chi connectivity index (χ3n) is 2.89. The molecule has 4 heteroatoms. The molecular formula is C12H14N4. The second-order valence-electron chi connectivity index (χ2n) is 4.28. The quantitative estimate of drug-likeness (QED) is 0.848. The number of aromatic nitrogens is 3. The lowest BCUT2D eigenvalue weighted by Crippen LogP contribution is -2.07. The van der Waals surface area contributed by atoms with Gasteiger partial charge < -0.3 is 5.32 Å². The van der Waals surface area contributed by atoms with Crippen molar-refractivity contribution in [2.75, 3.05) is 11.9 Å². The van der Waals surface area contributed by atoms with Gasteiger partial charge in [0.15, 0.2) is 0 Å². The number of hydrogen-bond donors (Lipinski definition) is 1. The van der Waals surface area contributed by atoms with E-state index in [2.05, 4.69) is 20.5 Å². The molecule has 1 aromatic heterocycles. The maximum Gasteiger partial charge on any atom is 0.243 e. The lowest BCUT2D eigenvalue weighted by molar-refractivity contribution is 0.754. The Labute approximate surface area is 94.1 Å². The van der Waals surface area contributed by atoms with E-state index in [4.69, 9.17) is 0 Å². The molecule has 0 spiro atoms. The second-order valence-corrected chi connectivity index (χ2v) is 4.28. The number of fused-ring (bicyclic) bond motifs is 1. The van der Waals surface area contributed by atoms with Crippen LogP contribution in [0.2, 0.25) is 0 Å². The lowest BCUT2D eigenvalue weighted by atomic mass is 10.3. The summed E-state index contributed by atoms with van der Waals surface area (Å²) < 4.78 is 0. The molecule has 0 bridgehead atoms. The molecule has 0 saturated heterocycles. The van der Waals surface area contributed by atoms with Crippen LogP contribution in [0.15, 0.2) is 24.3 Å². The fraction of sp³-hybridized carbons (Fsp3) is 0.417. The number of nitrogens with one attached hydrogen (secondary N) is 1. The molecule has 1 aliphatic rings. The van der Waals surface area contributed by atoms with Crippen molar-refractivity contribution in [3.05, 3.63) is 24.3 Å². The zero-order chi connectivity index (χ0) is 10.8. The summed E-state index contributed by atoms with van der Waals surface area (Å²) in [5.74, 6) is 1.57. The minimum atomic E-state index is 0.638. The summed E-state index contributed by atoms with van der Waals surface area (Å²) in [6, 6.07) is 7.78. The Morgan fingerprint density at radius 3 is 2.75 bits per heavy atom. The van der Waals surface area contributed by atoms with Gasteiger partial charge in [0.25, 0.3) is 0 Å². The number of anilines is 1. The largest absolute Gasteiger partial charge is 0.353 e. The normalized spacial score (nSPS) is 15.2. The Morgan fingerprint density at radius 1 is 1.12 bits per heavy atom. The van der Waals surface area contributed by atoms with E-state index in [9.17, 15) is 0 Å². The number of benzene rings is 1. The SMILES string of the molecule is c1ccc2nc(NCCC3CC3)nnc2c1. The monoisotopic (exact) mass is 214 g/mol. The van der Waals surface area contributed by atoms with Gasteiger partial charge in [-0.05, 0) is 24.5 Å². The van der Waals surface area contributed by atoms with Crippen LogP contribution >= 0.6 is 0 Å². The van der Waals surface area contributed by atoms with Crippen molar-refractivity contribution in [3.63, 3.8) is 0 Å². The molecule has 0 atom stereocenters. The Bertz CT molecular complexity index is 493. The topological polar surface area (TPSA) is 50.7 Å². The first-order chi connectivity index (χ1) is 7.92. The molecule has 0 amide bonds. The van der Waals surface area contributed by atoms with Crippen LogP contribution in [0.5, 0.6) is 0 Å². The summed E-state index contributed by atoms with van der Waals surface area (Å²) in [4.78, 5) is 4.41. The van der Waals surface area contributed by atoms with E-state index in [0.717, 1.165) is 23.5 Å². The molecule has 1 aromatic carbocycles. The zero-order valence-electron chi connectivity index (χ0n) is 9.06. The molecule has 4 nitrogen and oxygen atoms in total. The molecular weight excluding hydrogens is 200 g/mol. The molecule has 2 aromatic rings. The molecule has 0 radical (unpaired) electrons. The molecule has 1 aliphatic carbocycles. The summed E-state index contributed by atoms with van der Waals surface area (Å²) >= 11 is 0. The first-order valence-corrected chi connectivity index (χ1v) is 5.75. The van der Waals surface area contributed by atoms with Gasteiger partial charge >= 0.3 is 0 Å². The smallest absolute Gasteiger partial charge is 0.243 e. The van der Waals surface area contributed by atoms with Crippen LogP contribution in [0.4, 0.5) is 5.95 Å². The molecule has 3 rings (SSSR count). The van der Waals surface area contributed by atoms with Crippen molar-refractivity contribution >= 4 is 17.0 Å². The van der Waals surface area contributed by atoms with Crippen molar-refractivity contribution in [1.29, 1.82) is 0 Å². The summed E-state index contributed by atoms with van der Waals surface area (Å²) in [6.07, 6.45) is 3.99. The second kappa shape index (κ2) is 4.04. The standard InChI is InChI=1S/C12H14N4/c1-2-4-11-10(3-1)14-12(16-15-11)13-8-7-9-5-6-9/h1-4,9H,5-8H2,(H,13,14,16). The average molecular weight is 214 g/mol. The highest BCUT2D eigenvalue weighted by molar-refractivity contribution is 5.73. The molecule has 0 aliphatic heterocycles. The van der Waals surface area contributed by atoms with Crippen LogP contribution in [0.25, 0.3) is 11.0 Å². The third-order valence-corrected chi connectivity index (χ3v) is 2.89. The van der Waals surface area contributed by atoms with Crippen LogP contribution in [-0.2, 0) is 0 Å². The molecule has 82 valence electrons. The van der Waals surface area contributed by atoms with Crippen molar-refractivity contribution in [1.82, 2.24) is 15.2 Å². The Kier molecular flexibility index (Phi) is 2.40. The Morgan fingerprint density at radius 2 is 1.94 bits per heavy atom. The predicted octanol–water partition coefficient (Wildman–Crippen LogP) is 2.24. The molecule has 1 N–H and O–H groups in total. The van der Waals surface area contributed by atoms with Crippen LogP contribution < -0.4 is 5.32 Å². The van der Waals surface area contributed by atoms with E-state index < -0.39 is 0 Å². The molecule has 1 saturated carbocycles. The first kappa shape index (κ1) is 9.51. The highest BCUT2D eigenvalue weighted by Gasteiger charge is 2.20. The van der Waals surface area contributed by atoms with Crippen molar-refractivity contribution in [3.8, 4) is 0 Å². The summed E-state index contributed by atoms with van der Waals surface area (Å²) in [6.45, 7) is 0.949. The number of rotatable bonds is 4. The van der Waals surface area contributed by atoms with E-state index in [0.29, 0.717) is 5.95 Å². The fourth-order valence-electron chi connectivity index (χ4n) is 1.75. The van der Waals surface area contributed by atoms with Gasteiger partial charge in [0.05, 0.1) is 5.52 Å². The Hall–Kier alpha value is -1.71.